The van der Waals surface area contributed by atoms with Gasteiger partial charge >= 0.3 is 0 Å². The highest BCUT2D eigenvalue weighted by atomic mass is 127. The summed E-state index contributed by atoms with van der Waals surface area (Å²) in [7, 11) is 0. The molecule has 16 heavy (non-hydrogen) atoms. The first kappa shape index (κ1) is 11.4. The molecular weight excluding hydrogens is 317 g/mol. The van der Waals surface area contributed by atoms with E-state index in [1.807, 2.05) is 6.07 Å². The molecule has 0 atom stereocenters. The Morgan fingerprint density at radius 1 is 1.44 bits per heavy atom. The van der Waals surface area contributed by atoms with Crippen LogP contribution in [-0.2, 0) is 6.42 Å². The Morgan fingerprint density at radius 2 is 2.25 bits per heavy atom. The van der Waals surface area contributed by atoms with Crippen LogP contribution in [0.4, 0.5) is 5.82 Å². The molecule has 2 N–H and O–H groups in total. The maximum atomic E-state index is 5.87. The van der Waals surface area contributed by atoms with Gasteiger partial charge in [0.2, 0.25) is 0 Å². The third kappa shape index (κ3) is 2.18. The van der Waals surface area contributed by atoms with Crippen molar-refractivity contribution in [2.45, 2.75) is 19.8 Å². The number of nitrogens with two attached hydrogens (primary N) is 1. The third-order valence-electron chi connectivity index (χ3n) is 2.21. The van der Waals surface area contributed by atoms with E-state index in [1.165, 1.54) is 0 Å². The Balaban J connectivity index is 2.48. The molecule has 5 heteroatoms. The van der Waals surface area contributed by atoms with Crippen molar-refractivity contribution in [1.82, 2.24) is 9.97 Å². The van der Waals surface area contributed by atoms with E-state index in [0.29, 0.717) is 11.6 Å². The molecule has 2 aromatic rings. The van der Waals surface area contributed by atoms with Crippen molar-refractivity contribution in [3.8, 4) is 11.4 Å². The lowest BCUT2D eigenvalue weighted by Gasteiger charge is -2.06. The van der Waals surface area contributed by atoms with Crippen LogP contribution < -0.4 is 5.73 Å². The summed E-state index contributed by atoms with van der Waals surface area (Å²) >= 11 is 2.19. The Labute approximate surface area is 107 Å². The van der Waals surface area contributed by atoms with Gasteiger partial charge in [-0.3, -0.25) is 0 Å². The maximum Gasteiger partial charge on any atom is 0.165 e. The molecule has 0 radical (unpaired) electrons. The van der Waals surface area contributed by atoms with E-state index in [4.69, 9.17) is 10.2 Å². The number of anilines is 1. The minimum Gasteiger partial charge on any atom is -0.472 e. The predicted octanol–water partition coefficient (Wildman–Crippen LogP) is 2.88. The van der Waals surface area contributed by atoms with Crippen LogP contribution in [0, 0.1) is 3.57 Å². The van der Waals surface area contributed by atoms with Gasteiger partial charge in [0.15, 0.2) is 5.82 Å². The number of halogens is 1. The summed E-state index contributed by atoms with van der Waals surface area (Å²) in [4.78, 5) is 8.76. The number of nitrogen functional groups attached to an aromatic ring is 1. The van der Waals surface area contributed by atoms with Crippen molar-refractivity contribution in [1.29, 1.82) is 0 Å². The third-order valence-corrected chi connectivity index (χ3v) is 3.39. The average Bonchev–Trinajstić information content (AvgIpc) is 2.78. The molecule has 0 bridgehead atoms. The number of hydrogen-bond donors (Lipinski definition) is 1. The van der Waals surface area contributed by atoms with Crippen LogP contribution in [0.3, 0.4) is 0 Å². The quantitative estimate of drug-likeness (QED) is 0.880. The second kappa shape index (κ2) is 4.82. The Kier molecular flexibility index (Phi) is 3.42. The number of furan rings is 1. The highest BCUT2D eigenvalue weighted by Gasteiger charge is 2.11. The minimum absolute atomic E-state index is 0.537. The molecule has 0 saturated carbocycles. The van der Waals surface area contributed by atoms with Crippen molar-refractivity contribution in [3.63, 3.8) is 0 Å². The molecule has 84 valence electrons. The van der Waals surface area contributed by atoms with E-state index in [2.05, 4.69) is 39.5 Å². The summed E-state index contributed by atoms with van der Waals surface area (Å²) in [5.41, 5.74) is 7.74. The molecule has 0 aromatic carbocycles. The molecule has 0 amide bonds. The molecule has 0 aliphatic carbocycles. The highest BCUT2D eigenvalue weighted by molar-refractivity contribution is 14.1. The van der Waals surface area contributed by atoms with Gasteiger partial charge in [0.1, 0.15) is 12.1 Å². The molecular formula is C11H12IN3O. The second-order valence-electron chi connectivity index (χ2n) is 3.46. The fourth-order valence-electron chi connectivity index (χ4n) is 1.44. The second-order valence-corrected chi connectivity index (χ2v) is 4.53. The molecule has 0 saturated heterocycles. The first-order valence-electron chi connectivity index (χ1n) is 5.06. The van der Waals surface area contributed by atoms with Gasteiger partial charge in [-0.1, -0.05) is 13.3 Å². The fourth-order valence-corrected chi connectivity index (χ4v) is 1.95. The van der Waals surface area contributed by atoms with E-state index in [0.717, 1.165) is 27.7 Å². The summed E-state index contributed by atoms with van der Waals surface area (Å²) in [6.45, 7) is 2.12. The van der Waals surface area contributed by atoms with Gasteiger partial charge in [0, 0.05) is 0 Å². The van der Waals surface area contributed by atoms with Crippen LogP contribution >= 0.6 is 22.6 Å². The van der Waals surface area contributed by atoms with E-state index in [1.54, 1.807) is 12.5 Å². The zero-order valence-corrected chi connectivity index (χ0v) is 11.1. The van der Waals surface area contributed by atoms with E-state index >= 15 is 0 Å². The van der Waals surface area contributed by atoms with Crippen LogP contribution in [0.15, 0.2) is 23.0 Å². The molecule has 2 heterocycles. The number of hydrogen-bond acceptors (Lipinski definition) is 4. The van der Waals surface area contributed by atoms with Crippen LogP contribution in [0.5, 0.6) is 0 Å². The first-order valence-corrected chi connectivity index (χ1v) is 6.14. The summed E-state index contributed by atoms with van der Waals surface area (Å²) in [5.74, 6) is 1.17. The summed E-state index contributed by atoms with van der Waals surface area (Å²) in [6.07, 6.45) is 5.18. The molecule has 0 fully saturated rings. The Bertz CT molecular complexity index is 482. The molecule has 2 rings (SSSR count). The monoisotopic (exact) mass is 329 g/mol. The number of rotatable bonds is 3. The molecule has 4 nitrogen and oxygen atoms in total. The van der Waals surface area contributed by atoms with Crippen molar-refractivity contribution in [2.75, 3.05) is 5.73 Å². The van der Waals surface area contributed by atoms with Gasteiger partial charge < -0.3 is 10.2 Å². The van der Waals surface area contributed by atoms with Gasteiger partial charge in [-0.05, 0) is 35.1 Å². The van der Waals surface area contributed by atoms with Crippen LogP contribution in [0.1, 0.15) is 19.0 Å². The van der Waals surface area contributed by atoms with Gasteiger partial charge in [0.05, 0.1) is 21.1 Å². The highest BCUT2D eigenvalue weighted by Crippen LogP contribution is 2.23. The van der Waals surface area contributed by atoms with Crippen molar-refractivity contribution in [2.24, 2.45) is 0 Å². The minimum atomic E-state index is 0.537. The van der Waals surface area contributed by atoms with Gasteiger partial charge in [-0.25, -0.2) is 9.97 Å². The van der Waals surface area contributed by atoms with Crippen molar-refractivity contribution < 1.29 is 4.42 Å². The normalized spacial score (nSPS) is 10.6. The first-order chi connectivity index (χ1) is 7.72. The SMILES string of the molecule is CCCc1nc(-c2ccoc2)nc(N)c1I. The van der Waals surface area contributed by atoms with Gasteiger partial charge in [0.25, 0.3) is 0 Å². The van der Waals surface area contributed by atoms with E-state index < -0.39 is 0 Å². The van der Waals surface area contributed by atoms with Crippen LogP contribution in [-0.4, -0.2) is 9.97 Å². The Hall–Kier alpha value is -1.11. The molecule has 0 unspecified atom stereocenters. The largest absolute Gasteiger partial charge is 0.472 e. The lowest BCUT2D eigenvalue weighted by Crippen LogP contribution is -2.04. The van der Waals surface area contributed by atoms with E-state index in [-0.39, 0.29) is 0 Å². The van der Waals surface area contributed by atoms with Crippen molar-refractivity contribution >= 4 is 28.4 Å². The molecule has 0 aliphatic heterocycles. The average molecular weight is 329 g/mol. The summed E-state index contributed by atoms with van der Waals surface area (Å²) in [5, 5.41) is 0. The molecule has 2 aromatic heterocycles. The number of aryl methyl sites for hydroxylation is 1. The van der Waals surface area contributed by atoms with Crippen LogP contribution in [0.25, 0.3) is 11.4 Å². The van der Waals surface area contributed by atoms with Gasteiger partial charge in [-0.15, -0.1) is 0 Å². The predicted molar refractivity (Wildman–Crippen MR) is 70.9 cm³/mol. The lowest BCUT2D eigenvalue weighted by molar-refractivity contribution is 0.568. The number of aromatic nitrogens is 2. The summed E-state index contributed by atoms with van der Waals surface area (Å²) < 4.78 is 5.97. The maximum absolute atomic E-state index is 5.87. The zero-order valence-electron chi connectivity index (χ0n) is 8.90. The van der Waals surface area contributed by atoms with Gasteiger partial charge in [-0.2, -0.15) is 0 Å². The molecule has 0 spiro atoms. The Morgan fingerprint density at radius 3 is 2.88 bits per heavy atom. The topological polar surface area (TPSA) is 64.9 Å². The number of nitrogens with zero attached hydrogens (tertiary/aromatic N) is 2. The summed E-state index contributed by atoms with van der Waals surface area (Å²) in [6, 6.07) is 1.83. The van der Waals surface area contributed by atoms with E-state index in [9.17, 15) is 0 Å². The van der Waals surface area contributed by atoms with Crippen LogP contribution in [0.2, 0.25) is 0 Å². The molecule has 0 aliphatic rings. The lowest BCUT2D eigenvalue weighted by atomic mass is 10.2. The fraction of sp³-hybridized carbons (Fsp3) is 0.273. The van der Waals surface area contributed by atoms with Crippen molar-refractivity contribution in [3.05, 3.63) is 27.9 Å². The smallest absolute Gasteiger partial charge is 0.165 e. The zero-order chi connectivity index (χ0) is 11.5. The standard InChI is InChI=1S/C11H12IN3O/c1-2-3-8-9(12)10(13)15-11(14-8)7-4-5-16-6-7/h4-6H,2-3H2,1H3,(H2,13,14,15).